The Hall–Kier alpha value is -2.59. The first kappa shape index (κ1) is 21.1. The van der Waals surface area contributed by atoms with Crippen molar-refractivity contribution < 1.29 is 22.4 Å². The molecule has 3 aromatic rings. The molecule has 3 heterocycles. The lowest BCUT2D eigenvalue weighted by molar-refractivity contribution is -0.140. The Labute approximate surface area is 172 Å². The summed E-state index contributed by atoms with van der Waals surface area (Å²) in [7, 11) is 0. The number of halogens is 5. The van der Waals surface area contributed by atoms with Gasteiger partial charge in [-0.1, -0.05) is 18.5 Å². The summed E-state index contributed by atoms with van der Waals surface area (Å²) in [6.07, 6.45) is -1.32. The maximum absolute atomic E-state index is 13.8. The van der Waals surface area contributed by atoms with Gasteiger partial charge in [-0.2, -0.15) is 13.2 Å². The molecule has 11 heteroatoms. The van der Waals surface area contributed by atoms with Gasteiger partial charge in [0, 0.05) is 29.3 Å². The SMILES string of the molecule is CCC(=O)N(Cc1cnc(Cl)s1)c1ccc(-c2cncc(F)c2)nc1C(F)(F)F. The highest BCUT2D eigenvalue weighted by atomic mass is 35.5. The molecular formula is C18H13ClF4N4OS. The molecule has 0 atom stereocenters. The second kappa shape index (κ2) is 8.42. The van der Waals surface area contributed by atoms with E-state index in [0.717, 1.165) is 34.6 Å². The Bertz CT molecular complexity index is 1040. The van der Waals surface area contributed by atoms with Crippen LogP contribution in [0.4, 0.5) is 23.2 Å². The van der Waals surface area contributed by atoms with Crippen molar-refractivity contribution in [3.8, 4) is 11.3 Å². The number of thiazole rings is 1. The zero-order valence-corrected chi connectivity index (χ0v) is 16.4. The van der Waals surface area contributed by atoms with Gasteiger partial charge in [0.1, 0.15) is 5.82 Å². The fraction of sp³-hybridized carbons (Fsp3) is 0.222. The molecule has 0 aliphatic rings. The third-order valence-electron chi connectivity index (χ3n) is 3.88. The summed E-state index contributed by atoms with van der Waals surface area (Å²) in [5, 5.41) is 0. The number of amides is 1. The lowest BCUT2D eigenvalue weighted by Crippen LogP contribution is -2.32. The van der Waals surface area contributed by atoms with Gasteiger partial charge in [-0.3, -0.25) is 9.78 Å². The molecule has 5 nitrogen and oxygen atoms in total. The predicted octanol–water partition coefficient (Wildman–Crippen LogP) is 5.35. The van der Waals surface area contributed by atoms with Crippen LogP contribution >= 0.6 is 22.9 Å². The maximum atomic E-state index is 13.8. The van der Waals surface area contributed by atoms with Crippen molar-refractivity contribution >= 4 is 34.5 Å². The van der Waals surface area contributed by atoms with Gasteiger partial charge in [0.15, 0.2) is 10.2 Å². The molecule has 152 valence electrons. The van der Waals surface area contributed by atoms with Crippen molar-refractivity contribution in [2.24, 2.45) is 0 Å². The summed E-state index contributed by atoms with van der Waals surface area (Å²) in [4.78, 5) is 25.1. The molecular weight excluding hydrogens is 432 g/mol. The molecule has 0 saturated heterocycles. The lowest BCUT2D eigenvalue weighted by Gasteiger charge is -2.25. The third-order valence-corrected chi connectivity index (χ3v) is 4.98. The van der Waals surface area contributed by atoms with Gasteiger partial charge in [-0.25, -0.2) is 14.4 Å². The highest BCUT2D eigenvalue weighted by Gasteiger charge is 2.38. The molecule has 0 saturated carbocycles. The lowest BCUT2D eigenvalue weighted by atomic mass is 10.1. The van der Waals surface area contributed by atoms with Crippen LogP contribution in [0.5, 0.6) is 0 Å². The van der Waals surface area contributed by atoms with Crippen LogP contribution in [0.15, 0.2) is 36.8 Å². The average Bonchev–Trinajstić information content (AvgIpc) is 3.09. The molecule has 29 heavy (non-hydrogen) atoms. The number of alkyl halides is 3. The smallest absolute Gasteiger partial charge is 0.305 e. The second-order valence-corrected chi connectivity index (χ2v) is 7.56. The largest absolute Gasteiger partial charge is 0.435 e. The Morgan fingerprint density at radius 3 is 2.59 bits per heavy atom. The van der Waals surface area contributed by atoms with Crippen molar-refractivity contribution in [2.45, 2.75) is 26.1 Å². The van der Waals surface area contributed by atoms with E-state index in [9.17, 15) is 22.4 Å². The summed E-state index contributed by atoms with van der Waals surface area (Å²) in [6, 6.07) is 3.46. The van der Waals surface area contributed by atoms with Gasteiger partial charge in [0.25, 0.3) is 0 Å². The summed E-state index contributed by atoms with van der Waals surface area (Å²) >= 11 is 6.85. The van der Waals surface area contributed by atoms with Gasteiger partial charge in [-0.05, 0) is 18.2 Å². The van der Waals surface area contributed by atoms with Crippen LogP contribution in [-0.4, -0.2) is 20.9 Å². The van der Waals surface area contributed by atoms with E-state index >= 15 is 0 Å². The Morgan fingerprint density at radius 2 is 2.00 bits per heavy atom. The van der Waals surface area contributed by atoms with E-state index in [-0.39, 0.29) is 28.7 Å². The summed E-state index contributed by atoms with van der Waals surface area (Å²) in [6.45, 7) is 1.41. The van der Waals surface area contributed by atoms with Crippen molar-refractivity contribution in [3.05, 3.63) is 57.6 Å². The van der Waals surface area contributed by atoms with Gasteiger partial charge in [-0.15, -0.1) is 11.3 Å². The average molecular weight is 445 g/mol. The topological polar surface area (TPSA) is 59.0 Å². The number of carbonyl (C=O) groups is 1. The van der Waals surface area contributed by atoms with E-state index in [1.165, 1.54) is 18.5 Å². The second-order valence-electron chi connectivity index (χ2n) is 5.87. The Balaban J connectivity index is 2.10. The zero-order valence-electron chi connectivity index (χ0n) is 14.9. The first-order chi connectivity index (χ1) is 13.7. The fourth-order valence-electron chi connectivity index (χ4n) is 2.60. The first-order valence-corrected chi connectivity index (χ1v) is 9.48. The summed E-state index contributed by atoms with van der Waals surface area (Å²) in [5.74, 6) is -1.23. The first-order valence-electron chi connectivity index (χ1n) is 8.28. The number of aromatic nitrogens is 3. The number of anilines is 1. The quantitative estimate of drug-likeness (QED) is 0.497. The van der Waals surface area contributed by atoms with Crippen LogP contribution in [0.1, 0.15) is 23.9 Å². The van der Waals surface area contributed by atoms with Crippen LogP contribution in [0, 0.1) is 5.82 Å². The van der Waals surface area contributed by atoms with Crippen molar-refractivity contribution in [2.75, 3.05) is 4.90 Å². The van der Waals surface area contributed by atoms with Gasteiger partial charge in [0.05, 0.1) is 24.1 Å². The van der Waals surface area contributed by atoms with Crippen molar-refractivity contribution in [3.63, 3.8) is 0 Å². The summed E-state index contributed by atoms with van der Waals surface area (Å²) < 4.78 is 54.9. The van der Waals surface area contributed by atoms with Crippen LogP contribution in [0.2, 0.25) is 4.47 Å². The van der Waals surface area contributed by atoms with Gasteiger partial charge >= 0.3 is 6.18 Å². The highest BCUT2D eigenvalue weighted by Crippen LogP contribution is 2.38. The molecule has 0 aromatic carbocycles. The molecule has 0 spiro atoms. The zero-order chi connectivity index (χ0) is 21.2. The van der Waals surface area contributed by atoms with Gasteiger partial charge < -0.3 is 4.90 Å². The number of rotatable bonds is 5. The molecule has 3 aromatic heterocycles. The standard InChI is InChI=1S/C18H13ClF4N4OS/c1-2-15(28)27(9-12-8-25-17(19)29-12)14-4-3-13(26-16(14)18(21,22)23)10-5-11(20)7-24-6-10/h3-8H,2,9H2,1H3. The fourth-order valence-corrected chi connectivity index (χ4v) is 3.57. The van der Waals surface area contributed by atoms with Crippen LogP contribution in [0.3, 0.4) is 0 Å². The molecule has 0 N–H and O–H groups in total. The van der Waals surface area contributed by atoms with Crippen LogP contribution in [-0.2, 0) is 17.5 Å². The Kier molecular flexibility index (Phi) is 6.13. The van der Waals surface area contributed by atoms with Crippen LogP contribution < -0.4 is 4.90 Å². The molecule has 0 aliphatic carbocycles. The minimum absolute atomic E-state index is 0.0145. The number of nitrogens with zero attached hydrogens (tertiary/aromatic N) is 4. The normalized spacial score (nSPS) is 11.5. The number of hydrogen-bond acceptors (Lipinski definition) is 5. The number of carbonyl (C=O) groups excluding carboxylic acids is 1. The minimum atomic E-state index is -4.84. The van der Waals surface area contributed by atoms with E-state index < -0.39 is 29.3 Å². The molecule has 0 fully saturated rings. The van der Waals surface area contributed by atoms with E-state index in [2.05, 4.69) is 15.0 Å². The molecule has 1 amide bonds. The highest BCUT2D eigenvalue weighted by molar-refractivity contribution is 7.15. The molecule has 0 bridgehead atoms. The Morgan fingerprint density at radius 1 is 1.24 bits per heavy atom. The maximum Gasteiger partial charge on any atom is 0.435 e. The van der Waals surface area contributed by atoms with Crippen molar-refractivity contribution in [1.82, 2.24) is 15.0 Å². The van der Waals surface area contributed by atoms with E-state index in [1.54, 1.807) is 6.92 Å². The van der Waals surface area contributed by atoms with Crippen molar-refractivity contribution in [1.29, 1.82) is 0 Å². The van der Waals surface area contributed by atoms with Crippen LogP contribution in [0.25, 0.3) is 11.3 Å². The predicted molar refractivity (Wildman–Crippen MR) is 101 cm³/mol. The summed E-state index contributed by atoms with van der Waals surface area (Å²) in [5.41, 5.74) is -1.68. The molecule has 0 radical (unpaired) electrons. The van der Waals surface area contributed by atoms with E-state index in [1.807, 2.05) is 0 Å². The number of hydrogen-bond donors (Lipinski definition) is 0. The molecule has 0 aliphatic heterocycles. The van der Waals surface area contributed by atoms with E-state index in [0.29, 0.717) is 4.88 Å². The monoisotopic (exact) mass is 444 g/mol. The van der Waals surface area contributed by atoms with E-state index in [4.69, 9.17) is 11.6 Å². The number of pyridine rings is 2. The minimum Gasteiger partial charge on any atom is -0.305 e. The molecule has 0 unspecified atom stereocenters. The molecule has 3 rings (SSSR count). The third kappa shape index (κ3) is 4.88. The van der Waals surface area contributed by atoms with Gasteiger partial charge in [0.2, 0.25) is 5.91 Å².